The second-order valence-corrected chi connectivity index (χ2v) is 3.57. The van der Waals surface area contributed by atoms with Crippen LogP contribution in [0, 0.1) is 6.92 Å². The van der Waals surface area contributed by atoms with Crippen molar-refractivity contribution in [2.45, 2.75) is 33.2 Å². The average molecular weight is 207 g/mol. The van der Waals surface area contributed by atoms with Crippen LogP contribution in [0.5, 0.6) is 0 Å². The van der Waals surface area contributed by atoms with Crippen LogP contribution in [0.25, 0.3) is 0 Å². The molecule has 15 heavy (non-hydrogen) atoms. The highest BCUT2D eigenvalue weighted by Gasteiger charge is 2.14. The fourth-order valence-electron chi connectivity index (χ4n) is 1.53. The minimum absolute atomic E-state index is 0.503. The third kappa shape index (κ3) is 3.92. The Kier molecular flexibility index (Phi) is 5.19. The van der Waals surface area contributed by atoms with Crippen molar-refractivity contribution in [2.24, 2.45) is 0 Å². The molecule has 2 rings (SSSR count). The molecule has 1 aromatic carbocycles. The number of ether oxygens (including phenoxy) is 1. The maximum Gasteiger partial charge on any atom is 0.0668 e. The molecular weight excluding hydrogens is 186 g/mol. The Morgan fingerprint density at radius 2 is 1.87 bits per heavy atom. The molecule has 0 aliphatic carbocycles. The van der Waals surface area contributed by atoms with Gasteiger partial charge in [-0.25, -0.2) is 0 Å². The SMILES string of the molecule is CC.Cc1ccc(NC2CCOC2)cc1. The molecule has 1 fully saturated rings. The summed E-state index contributed by atoms with van der Waals surface area (Å²) in [5, 5.41) is 3.44. The minimum Gasteiger partial charge on any atom is -0.380 e. The van der Waals surface area contributed by atoms with Crippen LogP contribution in [-0.2, 0) is 4.74 Å². The Morgan fingerprint density at radius 1 is 1.20 bits per heavy atom. The summed E-state index contributed by atoms with van der Waals surface area (Å²) in [7, 11) is 0. The monoisotopic (exact) mass is 207 g/mol. The van der Waals surface area contributed by atoms with Crippen molar-refractivity contribution < 1.29 is 4.74 Å². The molecule has 1 aliphatic heterocycles. The fraction of sp³-hybridized carbons (Fsp3) is 0.538. The van der Waals surface area contributed by atoms with E-state index in [1.165, 1.54) is 11.3 Å². The average Bonchev–Trinajstić information content (AvgIpc) is 2.77. The Bertz CT molecular complexity index is 262. The number of nitrogens with one attached hydrogen (secondary N) is 1. The van der Waals surface area contributed by atoms with Gasteiger partial charge in [0.05, 0.1) is 12.6 Å². The van der Waals surface area contributed by atoms with Crippen molar-refractivity contribution in [1.29, 1.82) is 0 Å². The summed E-state index contributed by atoms with van der Waals surface area (Å²) >= 11 is 0. The van der Waals surface area contributed by atoms with E-state index in [4.69, 9.17) is 4.74 Å². The van der Waals surface area contributed by atoms with Crippen molar-refractivity contribution in [2.75, 3.05) is 18.5 Å². The summed E-state index contributed by atoms with van der Waals surface area (Å²) in [5.74, 6) is 0. The van der Waals surface area contributed by atoms with Crippen LogP contribution in [0.3, 0.4) is 0 Å². The first-order valence-electron chi connectivity index (χ1n) is 5.75. The lowest BCUT2D eigenvalue weighted by atomic mass is 10.2. The largest absolute Gasteiger partial charge is 0.380 e. The van der Waals surface area contributed by atoms with E-state index in [9.17, 15) is 0 Å². The van der Waals surface area contributed by atoms with Gasteiger partial charge in [-0.15, -0.1) is 0 Å². The molecule has 0 bridgehead atoms. The molecular formula is C13H21NO. The molecule has 2 nitrogen and oxygen atoms in total. The summed E-state index contributed by atoms with van der Waals surface area (Å²) in [5.41, 5.74) is 2.49. The highest BCUT2D eigenvalue weighted by molar-refractivity contribution is 5.45. The third-order valence-electron chi connectivity index (χ3n) is 2.35. The summed E-state index contributed by atoms with van der Waals surface area (Å²) < 4.78 is 5.29. The van der Waals surface area contributed by atoms with Crippen LogP contribution in [0.15, 0.2) is 24.3 Å². The smallest absolute Gasteiger partial charge is 0.0668 e. The molecule has 1 N–H and O–H groups in total. The first-order chi connectivity index (χ1) is 7.34. The third-order valence-corrected chi connectivity index (χ3v) is 2.35. The van der Waals surface area contributed by atoms with Gasteiger partial charge in [0.15, 0.2) is 0 Å². The summed E-state index contributed by atoms with van der Waals surface area (Å²) in [6, 6.07) is 8.99. The zero-order valence-electron chi connectivity index (χ0n) is 9.92. The molecule has 1 saturated heterocycles. The van der Waals surface area contributed by atoms with Crippen LogP contribution >= 0.6 is 0 Å². The molecule has 0 radical (unpaired) electrons. The standard InChI is InChI=1S/C11H15NO.C2H6/c1-9-2-4-10(5-3-9)12-11-6-7-13-8-11;1-2/h2-5,11-12H,6-8H2,1H3;1-2H3. The Labute approximate surface area is 92.6 Å². The Morgan fingerprint density at radius 3 is 2.40 bits per heavy atom. The van der Waals surface area contributed by atoms with Gasteiger partial charge in [-0.2, -0.15) is 0 Å². The first kappa shape index (κ1) is 12.1. The van der Waals surface area contributed by atoms with Gasteiger partial charge < -0.3 is 10.1 Å². The van der Waals surface area contributed by atoms with Gasteiger partial charge in [-0.3, -0.25) is 0 Å². The minimum atomic E-state index is 0.503. The van der Waals surface area contributed by atoms with Gasteiger partial charge in [0.2, 0.25) is 0 Å². The van der Waals surface area contributed by atoms with Crippen LogP contribution in [-0.4, -0.2) is 19.3 Å². The van der Waals surface area contributed by atoms with Crippen LogP contribution in [0.2, 0.25) is 0 Å². The van der Waals surface area contributed by atoms with E-state index >= 15 is 0 Å². The summed E-state index contributed by atoms with van der Waals surface area (Å²) in [4.78, 5) is 0. The molecule has 0 amide bonds. The maximum absolute atomic E-state index is 5.29. The van der Waals surface area contributed by atoms with Gasteiger partial charge in [-0.1, -0.05) is 31.5 Å². The predicted molar refractivity (Wildman–Crippen MR) is 65.4 cm³/mol. The molecule has 1 unspecified atom stereocenters. The molecule has 2 heteroatoms. The van der Waals surface area contributed by atoms with Gasteiger partial charge in [0.25, 0.3) is 0 Å². The molecule has 0 saturated carbocycles. The Balaban J connectivity index is 0.000000531. The second-order valence-electron chi connectivity index (χ2n) is 3.57. The zero-order chi connectivity index (χ0) is 11.1. The van der Waals surface area contributed by atoms with E-state index in [0.29, 0.717) is 6.04 Å². The van der Waals surface area contributed by atoms with Crippen molar-refractivity contribution in [1.82, 2.24) is 0 Å². The van der Waals surface area contributed by atoms with E-state index in [2.05, 4.69) is 36.5 Å². The molecule has 1 heterocycles. The van der Waals surface area contributed by atoms with Crippen molar-refractivity contribution in [3.8, 4) is 0 Å². The fourth-order valence-corrected chi connectivity index (χ4v) is 1.53. The number of benzene rings is 1. The van der Waals surface area contributed by atoms with Gasteiger partial charge in [0.1, 0.15) is 0 Å². The molecule has 84 valence electrons. The molecule has 1 aromatic rings. The van der Waals surface area contributed by atoms with E-state index in [-0.39, 0.29) is 0 Å². The zero-order valence-corrected chi connectivity index (χ0v) is 9.92. The lowest BCUT2D eigenvalue weighted by molar-refractivity contribution is 0.195. The predicted octanol–water partition coefficient (Wildman–Crippen LogP) is 3.22. The highest BCUT2D eigenvalue weighted by atomic mass is 16.5. The first-order valence-corrected chi connectivity index (χ1v) is 5.75. The highest BCUT2D eigenvalue weighted by Crippen LogP contribution is 2.14. The Hall–Kier alpha value is -1.02. The molecule has 0 spiro atoms. The van der Waals surface area contributed by atoms with Crippen molar-refractivity contribution >= 4 is 5.69 Å². The second kappa shape index (κ2) is 6.46. The molecule has 1 aliphatic rings. The topological polar surface area (TPSA) is 21.3 Å². The quantitative estimate of drug-likeness (QED) is 0.804. The number of aryl methyl sites for hydroxylation is 1. The van der Waals surface area contributed by atoms with E-state index in [0.717, 1.165) is 19.6 Å². The lowest BCUT2D eigenvalue weighted by Crippen LogP contribution is -2.18. The maximum atomic E-state index is 5.29. The van der Waals surface area contributed by atoms with E-state index < -0.39 is 0 Å². The van der Waals surface area contributed by atoms with Crippen LogP contribution < -0.4 is 5.32 Å². The molecule has 0 aromatic heterocycles. The number of rotatable bonds is 2. The van der Waals surface area contributed by atoms with Gasteiger partial charge in [0, 0.05) is 12.3 Å². The van der Waals surface area contributed by atoms with Crippen molar-refractivity contribution in [3.05, 3.63) is 29.8 Å². The summed E-state index contributed by atoms with van der Waals surface area (Å²) in [6.07, 6.45) is 1.12. The number of hydrogen-bond acceptors (Lipinski definition) is 2. The summed E-state index contributed by atoms with van der Waals surface area (Å²) in [6.45, 7) is 7.83. The van der Waals surface area contributed by atoms with Gasteiger partial charge in [-0.05, 0) is 25.5 Å². The van der Waals surface area contributed by atoms with Crippen LogP contribution in [0.4, 0.5) is 5.69 Å². The normalized spacial score (nSPS) is 19.3. The number of anilines is 1. The van der Waals surface area contributed by atoms with Gasteiger partial charge >= 0.3 is 0 Å². The van der Waals surface area contributed by atoms with Crippen LogP contribution in [0.1, 0.15) is 25.8 Å². The van der Waals surface area contributed by atoms with E-state index in [1.807, 2.05) is 13.8 Å². The lowest BCUT2D eigenvalue weighted by Gasteiger charge is -2.11. The number of hydrogen-bond donors (Lipinski definition) is 1. The van der Waals surface area contributed by atoms with E-state index in [1.54, 1.807) is 0 Å². The molecule has 1 atom stereocenters. The van der Waals surface area contributed by atoms with Crippen molar-refractivity contribution in [3.63, 3.8) is 0 Å².